The van der Waals surface area contributed by atoms with E-state index < -0.39 is 5.82 Å². The number of nitrogens with zero attached hydrogens (tertiary/aromatic N) is 2. The fourth-order valence-electron chi connectivity index (χ4n) is 2.30. The summed E-state index contributed by atoms with van der Waals surface area (Å²) < 4.78 is 16.2. The van der Waals surface area contributed by atoms with E-state index >= 15 is 0 Å². The third-order valence-electron chi connectivity index (χ3n) is 3.18. The molecular weight excluding hydrogens is 305 g/mol. The molecule has 2 heterocycles. The predicted molar refractivity (Wildman–Crippen MR) is 84.6 cm³/mol. The molecule has 2 aromatic heterocycles. The SMILES string of the molecule is CC(C)NC(=O)Cn1cnc2c(sc3cccc(F)c32)c1=O. The number of hydrogen-bond acceptors (Lipinski definition) is 4. The molecule has 114 valence electrons. The van der Waals surface area contributed by atoms with Crippen molar-refractivity contribution in [2.75, 3.05) is 0 Å². The molecule has 1 amide bonds. The molecule has 3 rings (SSSR count). The van der Waals surface area contributed by atoms with E-state index in [1.807, 2.05) is 13.8 Å². The van der Waals surface area contributed by atoms with E-state index in [4.69, 9.17) is 0 Å². The Labute approximate surface area is 129 Å². The fourth-order valence-corrected chi connectivity index (χ4v) is 3.42. The van der Waals surface area contributed by atoms with Gasteiger partial charge in [-0.15, -0.1) is 11.3 Å². The zero-order valence-corrected chi connectivity index (χ0v) is 12.9. The Hall–Kier alpha value is -2.28. The van der Waals surface area contributed by atoms with Crippen LogP contribution in [-0.2, 0) is 11.3 Å². The van der Waals surface area contributed by atoms with Crippen LogP contribution < -0.4 is 10.9 Å². The molecule has 0 saturated carbocycles. The number of carbonyl (C=O) groups is 1. The summed E-state index contributed by atoms with van der Waals surface area (Å²) in [5, 5.41) is 3.08. The average molecular weight is 319 g/mol. The van der Waals surface area contributed by atoms with Crippen LogP contribution in [0, 0.1) is 5.82 Å². The van der Waals surface area contributed by atoms with Gasteiger partial charge in [-0.25, -0.2) is 9.37 Å². The summed E-state index contributed by atoms with van der Waals surface area (Å²) in [6, 6.07) is 4.69. The number of benzene rings is 1. The van der Waals surface area contributed by atoms with Crippen molar-refractivity contribution in [1.82, 2.24) is 14.9 Å². The molecule has 0 aliphatic carbocycles. The number of nitrogens with one attached hydrogen (secondary N) is 1. The molecule has 1 aromatic carbocycles. The van der Waals surface area contributed by atoms with Gasteiger partial charge in [-0.1, -0.05) is 6.07 Å². The topological polar surface area (TPSA) is 64.0 Å². The Morgan fingerprint density at radius 3 is 2.95 bits per heavy atom. The maximum Gasteiger partial charge on any atom is 0.271 e. The van der Waals surface area contributed by atoms with Gasteiger partial charge in [-0.3, -0.25) is 14.2 Å². The number of amides is 1. The standard InChI is InChI=1S/C15H14FN3O2S/c1-8(2)18-11(20)6-19-7-17-13-12-9(16)4-3-5-10(12)22-14(13)15(19)21/h3-5,7-8H,6H2,1-2H3,(H,18,20). The first-order chi connectivity index (χ1) is 10.5. The van der Waals surface area contributed by atoms with Gasteiger partial charge in [-0.05, 0) is 26.0 Å². The minimum absolute atomic E-state index is 0.00156. The Morgan fingerprint density at radius 2 is 2.23 bits per heavy atom. The zero-order chi connectivity index (χ0) is 15.9. The van der Waals surface area contributed by atoms with Gasteiger partial charge >= 0.3 is 0 Å². The van der Waals surface area contributed by atoms with Crippen LogP contribution in [0.2, 0.25) is 0 Å². The van der Waals surface area contributed by atoms with Crippen LogP contribution in [0.3, 0.4) is 0 Å². The first kappa shape index (κ1) is 14.6. The van der Waals surface area contributed by atoms with Gasteiger partial charge < -0.3 is 5.32 Å². The summed E-state index contributed by atoms with van der Waals surface area (Å²) in [6.45, 7) is 3.59. The van der Waals surface area contributed by atoms with Gasteiger partial charge in [0.2, 0.25) is 5.91 Å². The van der Waals surface area contributed by atoms with E-state index in [9.17, 15) is 14.0 Å². The summed E-state index contributed by atoms with van der Waals surface area (Å²) in [6.07, 6.45) is 1.29. The number of fused-ring (bicyclic) bond motifs is 3. The van der Waals surface area contributed by atoms with Crippen molar-refractivity contribution in [2.24, 2.45) is 0 Å². The second kappa shape index (κ2) is 5.49. The van der Waals surface area contributed by atoms with Crippen molar-refractivity contribution >= 4 is 37.5 Å². The Balaban J connectivity index is 2.11. The fraction of sp³-hybridized carbons (Fsp3) is 0.267. The summed E-state index contributed by atoms with van der Waals surface area (Å²) in [5.41, 5.74) is 0.0214. The highest BCUT2D eigenvalue weighted by Gasteiger charge is 2.15. The van der Waals surface area contributed by atoms with Gasteiger partial charge in [-0.2, -0.15) is 0 Å². The van der Waals surface area contributed by atoms with E-state index in [0.717, 1.165) is 0 Å². The molecule has 0 aliphatic rings. The number of aromatic nitrogens is 2. The van der Waals surface area contributed by atoms with Crippen LogP contribution in [-0.4, -0.2) is 21.5 Å². The minimum atomic E-state index is -0.397. The highest BCUT2D eigenvalue weighted by atomic mass is 32.1. The smallest absolute Gasteiger partial charge is 0.271 e. The first-order valence-corrected chi connectivity index (χ1v) is 7.64. The molecule has 22 heavy (non-hydrogen) atoms. The Kier molecular flexibility index (Phi) is 3.66. The largest absolute Gasteiger partial charge is 0.352 e. The van der Waals surface area contributed by atoms with Gasteiger partial charge in [0.15, 0.2) is 0 Å². The van der Waals surface area contributed by atoms with Gasteiger partial charge in [0.25, 0.3) is 5.56 Å². The Morgan fingerprint density at radius 1 is 1.45 bits per heavy atom. The van der Waals surface area contributed by atoms with Crippen molar-refractivity contribution < 1.29 is 9.18 Å². The molecular formula is C15H14FN3O2S. The third-order valence-corrected chi connectivity index (χ3v) is 4.32. The number of thiophene rings is 1. The maximum atomic E-state index is 13.9. The van der Waals surface area contributed by atoms with Crippen molar-refractivity contribution in [3.05, 3.63) is 40.7 Å². The summed E-state index contributed by atoms with van der Waals surface area (Å²) in [7, 11) is 0. The second-order valence-electron chi connectivity index (χ2n) is 5.29. The Bertz CT molecular complexity index is 930. The highest BCUT2D eigenvalue weighted by molar-refractivity contribution is 7.25. The van der Waals surface area contributed by atoms with E-state index in [1.165, 1.54) is 28.3 Å². The highest BCUT2D eigenvalue weighted by Crippen LogP contribution is 2.31. The molecule has 7 heteroatoms. The van der Waals surface area contributed by atoms with Gasteiger partial charge in [0.1, 0.15) is 17.1 Å². The third kappa shape index (κ3) is 2.48. The molecule has 0 saturated heterocycles. The van der Waals surface area contributed by atoms with Gasteiger partial charge in [0, 0.05) is 10.7 Å². The van der Waals surface area contributed by atoms with Crippen LogP contribution in [0.1, 0.15) is 13.8 Å². The number of carbonyl (C=O) groups excluding carboxylic acids is 1. The molecule has 3 aromatic rings. The molecule has 0 spiro atoms. The lowest BCUT2D eigenvalue weighted by atomic mass is 10.2. The lowest BCUT2D eigenvalue weighted by molar-refractivity contribution is -0.122. The molecule has 0 unspecified atom stereocenters. The summed E-state index contributed by atoms with van der Waals surface area (Å²) in [4.78, 5) is 28.4. The normalized spacial score (nSPS) is 11.5. The molecule has 0 atom stereocenters. The molecule has 0 radical (unpaired) electrons. The van der Waals surface area contributed by atoms with Crippen LogP contribution in [0.25, 0.3) is 20.3 Å². The van der Waals surface area contributed by atoms with Gasteiger partial charge in [0.05, 0.1) is 17.2 Å². The monoisotopic (exact) mass is 319 g/mol. The molecule has 0 fully saturated rings. The predicted octanol–water partition coefficient (Wildman–Crippen LogP) is 2.27. The van der Waals surface area contributed by atoms with Crippen molar-refractivity contribution in [3.63, 3.8) is 0 Å². The van der Waals surface area contributed by atoms with E-state index in [2.05, 4.69) is 10.3 Å². The van der Waals surface area contributed by atoms with E-state index in [-0.39, 0.29) is 24.1 Å². The van der Waals surface area contributed by atoms with E-state index in [1.54, 1.807) is 12.1 Å². The minimum Gasteiger partial charge on any atom is -0.352 e. The first-order valence-electron chi connectivity index (χ1n) is 6.83. The zero-order valence-electron chi connectivity index (χ0n) is 12.1. The van der Waals surface area contributed by atoms with E-state index in [0.29, 0.717) is 20.3 Å². The van der Waals surface area contributed by atoms with Crippen molar-refractivity contribution in [2.45, 2.75) is 26.4 Å². The van der Waals surface area contributed by atoms with Crippen molar-refractivity contribution in [3.8, 4) is 0 Å². The quantitative estimate of drug-likeness (QED) is 0.805. The average Bonchev–Trinajstić information content (AvgIpc) is 2.82. The number of rotatable bonds is 3. The molecule has 1 N–H and O–H groups in total. The van der Waals surface area contributed by atoms with Crippen LogP contribution in [0.5, 0.6) is 0 Å². The molecule has 5 nitrogen and oxygen atoms in total. The number of halogens is 1. The molecule has 0 bridgehead atoms. The summed E-state index contributed by atoms with van der Waals surface area (Å²) in [5.74, 6) is -0.656. The van der Waals surface area contributed by atoms with Crippen LogP contribution in [0.15, 0.2) is 29.3 Å². The van der Waals surface area contributed by atoms with Crippen LogP contribution in [0.4, 0.5) is 4.39 Å². The van der Waals surface area contributed by atoms with Crippen LogP contribution >= 0.6 is 11.3 Å². The summed E-state index contributed by atoms with van der Waals surface area (Å²) >= 11 is 1.19. The second-order valence-corrected chi connectivity index (χ2v) is 6.34. The number of hydrogen-bond donors (Lipinski definition) is 1. The lowest BCUT2D eigenvalue weighted by Gasteiger charge is -2.09. The van der Waals surface area contributed by atoms with Crippen molar-refractivity contribution in [1.29, 1.82) is 0 Å². The molecule has 0 aliphatic heterocycles. The lowest BCUT2D eigenvalue weighted by Crippen LogP contribution is -2.35. The maximum absolute atomic E-state index is 13.9.